The minimum absolute atomic E-state index is 0.0582. The molecule has 0 aromatic heterocycles. The van der Waals surface area contributed by atoms with Crippen molar-refractivity contribution >= 4 is 58.0 Å². The number of ketones is 2. The second-order valence-corrected chi connectivity index (χ2v) is 12.4. The van der Waals surface area contributed by atoms with E-state index in [1.165, 1.54) is 12.1 Å². The first-order valence-electron chi connectivity index (χ1n) is 13.2. The van der Waals surface area contributed by atoms with E-state index in [-0.39, 0.29) is 21.8 Å². The molecule has 0 radical (unpaired) electrons. The summed E-state index contributed by atoms with van der Waals surface area (Å²) in [6.45, 7) is 0.753. The SMILES string of the molecule is CC(OC(F)(F)F)C(=O)Cc1c(F)ccc(CC(=O)c2cc(NC(=O)[C@H]3[C@H](c4ccc(F)c(C(F)(F)F)c4)C3(Cl)Cl)ccc2Cl)c1F. The second kappa shape index (κ2) is 13.3. The van der Waals surface area contributed by atoms with E-state index in [0.717, 1.165) is 31.2 Å². The molecule has 47 heavy (non-hydrogen) atoms. The van der Waals surface area contributed by atoms with E-state index in [1.807, 2.05) is 0 Å². The van der Waals surface area contributed by atoms with Gasteiger partial charge in [0.25, 0.3) is 0 Å². The molecule has 0 saturated heterocycles. The molecule has 1 aliphatic carbocycles. The van der Waals surface area contributed by atoms with Crippen molar-refractivity contribution in [2.24, 2.45) is 5.92 Å². The Kier molecular flexibility index (Phi) is 10.3. The maximum atomic E-state index is 15.2. The van der Waals surface area contributed by atoms with Crippen LogP contribution in [0.3, 0.4) is 0 Å². The lowest BCUT2D eigenvalue weighted by Gasteiger charge is -2.15. The number of ether oxygens (including phenoxy) is 1. The lowest BCUT2D eigenvalue weighted by Crippen LogP contribution is -2.30. The summed E-state index contributed by atoms with van der Waals surface area (Å²) in [5.41, 5.74) is -3.37. The molecule has 17 heteroatoms. The maximum Gasteiger partial charge on any atom is 0.523 e. The van der Waals surface area contributed by atoms with Gasteiger partial charge in [-0.05, 0) is 54.4 Å². The van der Waals surface area contributed by atoms with E-state index < -0.39 is 99.3 Å². The summed E-state index contributed by atoms with van der Waals surface area (Å²) in [7, 11) is 0. The quantitative estimate of drug-likeness (QED) is 0.129. The average Bonchev–Trinajstić information content (AvgIpc) is 3.53. The minimum Gasteiger partial charge on any atom is -0.326 e. The number of Topliss-reactive ketones (excluding diaryl/α,β-unsaturated/α-hetero) is 2. The van der Waals surface area contributed by atoms with Gasteiger partial charge in [-0.2, -0.15) is 13.2 Å². The maximum absolute atomic E-state index is 15.2. The topological polar surface area (TPSA) is 72.5 Å². The van der Waals surface area contributed by atoms with Crippen molar-refractivity contribution in [3.63, 3.8) is 0 Å². The summed E-state index contributed by atoms with van der Waals surface area (Å²) in [4.78, 5) is 38.3. The van der Waals surface area contributed by atoms with Gasteiger partial charge in [-0.1, -0.05) is 23.7 Å². The van der Waals surface area contributed by atoms with E-state index in [4.69, 9.17) is 34.8 Å². The zero-order valence-corrected chi connectivity index (χ0v) is 25.7. The van der Waals surface area contributed by atoms with Gasteiger partial charge in [-0.15, -0.1) is 36.4 Å². The molecule has 252 valence electrons. The Morgan fingerprint density at radius 2 is 1.55 bits per heavy atom. The van der Waals surface area contributed by atoms with Gasteiger partial charge in [-0.3, -0.25) is 19.1 Å². The number of hydrogen-bond acceptors (Lipinski definition) is 4. The third-order valence-corrected chi connectivity index (χ3v) is 8.53. The number of alkyl halides is 8. The number of rotatable bonds is 10. The van der Waals surface area contributed by atoms with E-state index in [0.29, 0.717) is 12.1 Å². The highest BCUT2D eigenvalue weighted by Crippen LogP contribution is 2.65. The van der Waals surface area contributed by atoms with Crippen molar-refractivity contribution < 1.29 is 58.6 Å². The van der Waals surface area contributed by atoms with Crippen LogP contribution in [0, 0.1) is 23.4 Å². The fourth-order valence-corrected chi connectivity index (χ4v) is 5.91. The second-order valence-electron chi connectivity index (χ2n) is 10.5. The van der Waals surface area contributed by atoms with Crippen molar-refractivity contribution in [3.05, 3.63) is 98.8 Å². The zero-order chi connectivity index (χ0) is 35.2. The minimum atomic E-state index is -5.17. The Morgan fingerprint density at radius 1 is 0.915 bits per heavy atom. The predicted octanol–water partition coefficient (Wildman–Crippen LogP) is 8.76. The van der Waals surface area contributed by atoms with E-state index in [2.05, 4.69) is 10.1 Å². The zero-order valence-electron chi connectivity index (χ0n) is 23.4. The number of nitrogens with one attached hydrogen (secondary N) is 1. The molecule has 1 N–H and O–H groups in total. The summed E-state index contributed by atoms with van der Waals surface area (Å²) in [6, 6.07) is 7.21. The van der Waals surface area contributed by atoms with Gasteiger partial charge in [0.15, 0.2) is 11.6 Å². The Bertz CT molecular complexity index is 1740. The molecule has 5 nitrogen and oxygen atoms in total. The largest absolute Gasteiger partial charge is 0.523 e. The van der Waals surface area contributed by atoms with Crippen LogP contribution in [0.25, 0.3) is 0 Å². The molecule has 3 aromatic carbocycles. The number of amides is 1. The van der Waals surface area contributed by atoms with Gasteiger partial charge >= 0.3 is 12.5 Å². The third-order valence-electron chi connectivity index (χ3n) is 7.26. The summed E-state index contributed by atoms with van der Waals surface area (Å²) in [5.74, 6) is -9.63. The molecule has 1 amide bonds. The first-order valence-corrected chi connectivity index (χ1v) is 14.4. The highest BCUT2D eigenvalue weighted by Gasteiger charge is 2.67. The molecule has 1 saturated carbocycles. The van der Waals surface area contributed by atoms with Crippen LogP contribution in [0.2, 0.25) is 5.02 Å². The van der Waals surface area contributed by atoms with Crippen molar-refractivity contribution in [2.75, 3.05) is 5.32 Å². The Labute approximate surface area is 274 Å². The molecular weight excluding hydrogens is 716 g/mol. The van der Waals surface area contributed by atoms with Gasteiger partial charge in [0.05, 0.1) is 16.5 Å². The van der Waals surface area contributed by atoms with E-state index in [1.54, 1.807) is 0 Å². The van der Waals surface area contributed by atoms with Gasteiger partial charge in [0.1, 0.15) is 27.9 Å². The smallest absolute Gasteiger partial charge is 0.326 e. The van der Waals surface area contributed by atoms with E-state index >= 15 is 4.39 Å². The lowest BCUT2D eigenvalue weighted by molar-refractivity contribution is -0.335. The number of anilines is 1. The van der Waals surface area contributed by atoms with Crippen molar-refractivity contribution in [2.45, 2.75) is 48.7 Å². The average molecular weight is 735 g/mol. The van der Waals surface area contributed by atoms with Crippen LogP contribution in [0.5, 0.6) is 0 Å². The molecule has 1 unspecified atom stereocenters. The Balaban J connectivity index is 1.50. The van der Waals surface area contributed by atoms with Crippen LogP contribution >= 0.6 is 34.8 Å². The number of halogens is 12. The standard InChI is InChI=1S/C30H19Cl3F9NO4/c1-12(47-30(40,41)42)22(44)11-17-20(34)6-3-14(26(17)36)9-23(45)16-10-15(4-5-19(16)31)43-27(46)25-24(28(25,32)33)13-2-7-21(35)18(8-13)29(37,38)39/h2-8,10,12,24-25H,9,11H2,1H3,(H,43,46)/t12?,24-,25+/m0/s1. The number of benzene rings is 3. The van der Waals surface area contributed by atoms with Gasteiger partial charge in [0, 0.05) is 35.6 Å². The third kappa shape index (κ3) is 8.22. The predicted molar refractivity (Wildman–Crippen MR) is 152 cm³/mol. The molecule has 1 fully saturated rings. The monoisotopic (exact) mass is 733 g/mol. The fourth-order valence-electron chi connectivity index (χ4n) is 4.86. The normalized spacial score (nSPS) is 18.1. The highest BCUT2D eigenvalue weighted by atomic mass is 35.5. The highest BCUT2D eigenvalue weighted by molar-refractivity contribution is 6.53. The van der Waals surface area contributed by atoms with Crippen LogP contribution in [0.15, 0.2) is 48.5 Å². The summed E-state index contributed by atoms with van der Waals surface area (Å²) in [5, 5.41) is 2.25. The molecule has 0 spiro atoms. The van der Waals surface area contributed by atoms with Crippen LogP contribution < -0.4 is 5.32 Å². The summed E-state index contributed by atoms with van der Waals surface area (Å²) < 4.78 is 122. The first kappa shape index (κ1) is 36.5. The summed E-state index contributed by atoms with van der Waals surface area (Å²) >= 11 is 18.5. The van der Waals surface area contributed by atoms with Crippen LogP contribution in [-0.4, -0.2) is 34.3 Å². The molecule has 0 aliphatic heterocycles. The van der Waals surface area contributed by atoms with E-state index in [9.17, 15) is 49.5 Å². The Morgan fingerprint density at radius 3 is 2.17 bits per heavy atom. The number of carbonyl (C=O) groups excluding carboxylic acids is 3. The Hall–Kier alpha value is -3.33. The molecule has 3 aromatic rings. The molecule has 3 atom stereocenters. The first-order chi connectivity index (χ1) is 21.6. The molecular formula is C30H19Cl3F9NO4. The molecule has 0 bridgehead atoms. The summed E-state index contributed by atoms with van der Waals surface area (Å²) in [6.07, 6.45) is -14.1. The van der Waals surface area contributed by atoms with Gasteiger partial charge in [0.2, 0.25) is 5.91 Å². The molecule has 0 heterocycles. The van der Waals surface area contributed by atoms with Crippen LogP contribution in [0.1, 0.15) is 45.5 Å². The van der Waals surface area contributed by atoms with Crippen LogP contribution in [-0.2, 0) is 33.3 Å². The lowest BCUT2D eigenvalue weighted by atomic mass is 9.97. The van der Waals surface area contributed by atoms with Gasteiger partial charge in [-0.25, -0.2) is 13.2 Å². The van der Waals surface area contributed by atoms with Gasteiger partial charge < -0.3 is 5.32 Å². The van der Waals surface area contributed by atoms with Crippen molar-refractivity contribution in [1.29, 1.82) is 0 Å². The molecule has 4 rings (SSSR count). The molecule has 1 aliphatic rings. The van der Waals surface area contributed by atoms with Crippen molar-refractivity contribution in [1.82, 2.24) is 0 Å². The van der Waals surface area contributed by atoms with Crippen molar-refractivity contribution in [3.8, 4) is 0 Å². The number of carbonyl (C=O) groups is 3. The van der Waals surface area contributed by atoms with Crippen LogP contribution in [0.4, 0.5) is 45.2 Å². The fraction of sp³-hybridized carbons (Fsp3) is 0.300. The number of hydrogen-bond donors (Lipinski definition) is 1.